The van der Waals surface area contributed by atoms with Crippen molar-refractivity contribution < 1.29 is 26.4 Å². The maximum Gasteiger partial charge on any atom is 0.281 e. The van der Waals surface area contributed by atoms with Crippen LogP contribution < -0.4 is 30.2 Å². The van der Waals surface area contributed by atoms with Gasteiger partial charge >= 0.3 is 0 Å². The molecule has 18 heteroatoms. The van der Waals surface area contributed by atoms with Gasteiger partial charge in [-0.05, 0) is 85.6 Å². The Hall–Kier alpha value is -6.14. The highest BCUT2D eigenvalue weighted by molar-refractivity contribution is 7.93. The lowest BCUT2D eigenvalue weighted by Crippen LogP contribution is -2.29. The first-order chi connectivity index (χ1) is 22.9. The Bertz CT molecular complexity index is 2310. The smallest absolute Gasteiger partial charge is 0.267 e. The summed E-state index contributed by atoms with van der Waals surface area (Å²) in [5.74, 6) is -1.14. The third-order valence-corrected chi connectivity index (χ3v) is 10.2. The predicted octanol–water partition coefficient (Wildman–Crippen LogP) is 1.88. The first-order valence-corrected chi connectivity index (χ1v) is 17.0. The van der Waals surface area contributed by atoms with Crippen molar-refractivity contribution in [2.45, 2.75) is 23.6 Å². The van der Waals surface area contributed by atoms with Gasteiger partial charge in [0.15, 0.2) is 0 Å². The number of carbonyl (C=O) groups is 2. The molecule has 16 nitrogen and oxygen atoms in total. The average molecular weight is 683 g/mol. The Morgan fingerprint density at radius 1 is 0.542 bits per heavy atom. The van der Waals surface area contributed by atoms with Crippen molar-refractivity contribution in [1.29, 1.82) is 0 Å². The summed E-state index contributed by atoms with van der Waals surface area (Å²) in [7, 11) is -8.00. The molecule has 0 fully saturated rings. The zero-order valence-corrected chi connectivity index (χ0v) is 26.6. The Balaban J connectivity index is 1.15. The summed E-state index contributed by atoms with van der Waals surface area (Å²) in [6.45, 7) is 3.32. The van der Waals surface area contributed by atoms with Crippen LogP contribution in [0.1, 0.15) is 31.8 Å². The van der Waals surface area contributed by atoms with Crippen LogP contribution in [-0.4, -0.2) is 48.6 Å². The number of aromatic nitrogens is 4. The van der Waals surface area contributed by atoms with Gasteiger partial charge < -0.3 is 0 Å². The monoisotopic (exact) mass is 682 g/mol. The molecule has 7 rings (SSSR count). The summed E-state index contributed by atoms with van der Waals surface area (Å²) in [5.41, 5.74) is 1.96. The van der Waals surface area contributed by atoms with E-state index in [9.17, 15) is 26.4 Å². The molecule has 0 spiro atoms. The van der Waals surface area contributed by atoms with E-state index in [1.807, 2.05) is 0 Å². The van der Waals surface area contributed by atoms with E-state index in [1.54, 1.807) is 26.0 Å². The summed E-state index contributed by atoms with van der Waals surface area (Å²) >= 11 is 0. The number of sulfonamides is 2. The second kappa shape index (κ2) is 11.3. The molecule has 0 bridgehead atoms. The number of benzene rings is 3. The molecule has 48 heavy (non-hydrogen) atoms. The zero-order chi connectivity index (χ0) is 33.8. The first-order valence-electron chi connectivity index (χ1n) is 14.0. The molecule has 0 radical (unpaired) electrons. The fourth-order valence-electron chi connectivity index (χ4n) is 5.19. The van der Waals surface area contributed by atoms with Crippen LogP contribution in [0, 0.1) is 13.8 Å². The Kier molecular flexibility index (Phi) is 7.17. The van der Waals surface area contributed by atoms with Crippen molar-refractivity contribution in [2.75, 3.05) is 19.5 Å². The number of amides is 2. The van der Waals surface area contributed by atoms with Crippen molar-refractivity contribution in [3.05, 3.63) is 118 Å². The fourth-order valence-corrected chi connectivity index (χ4v) is 7.10. The van der Waals surface area contributed by atoms with Gasteiger partial charge in [0.25, 0.3) is 31.9 Å². The molecule has 2 aliphatic heterocycles. The quantitative estimate of drug-likeness (QED) is 0.243. The van der Waals surface area contributed by atoms with Crippen LogP contribution in [0.4, 0.5) is 23.3 Å². The predicted molar refractivity (Wildman–Crippen MR) is 170 cm³/mol. The summed E-state index contributed by atoms with van der Waals surface area (Å²) in [6, 6.07) is 14.2. The molecule has 240 valence electrons. The molecule has 3 aromatic carbocycles. The summed E-state index contributed by atoms with van der Waals surface area (Å²) < 4.78 is 55.8. The molecule has 0 saturated carbocycles. The van der Waals surface area contributed by atoms with Gasteiger partial charge in [-0.3, -0.25) is 9.59 Å². The van der Waals surface area contributed by atoms with E-state index in [-0.39, 0.29) is 43.5 Å². The van der Waals surface area contributed by atoms with E-state index in [2.05, 4.69) is 39.6 Å². The molecule has 2 N–H and O–H groups in total. The number of nitrogens with one attached hydrogen (secondary N) is 2. The third-order valence-electron chi connectivity index (χ3n) is 7.51. The van der Waals surface area contributed by atoms with E-state index in [4.69, 9.17) is 0 Å². The number of hydrogen-bond donors (Lipinski definition) is 2. The van der Waals surface area contributed by atoms with Crippen LogP contribution in [0.15, 0.2) is 105 Å². The van der Waals surface area contributed by atoms with Crippen molar-refractivity contribution >= 4 is 55.1 Å². The lowest BCUT2D eigenvalue weighted by atomic mass is 9.97. The fraction of sp³-hybridized carbons (Fsp3) is 0.0667. The topological polar surface area (TPSA) is 209 Å². The molecule has 2 amide bonds. The minimum Gasteiger partial charge on any atom is -0.267 e. The van der Waals surface area contributed by atoms with Gasteiger partial charge in [0.1, 0.15) is 10.7 Å². The summed E-state index contributed by atoms with van der Waals surface area (Å²) in [5, 5.41) is 11.9. The summed E-state index contributed by atoms with van der Waals surface area (Å²) in [4.78, 5) is 42.6. The third kappa shape index (κ3) is 5.17. The summed E-state index contributed by atoms with van der Waals surface area (Å²) in [6.07, 6.45) is 5.61. The van der Waals surface area contributed by atoms with Gasteiger partial charge in [-0.15, -0.1) is 0 Å². The van der Waals surface area contributed by atoms with Crippen LogP contribution >= 0.6 is 0 Å². The number of anilines is 4. The Labute approximate surface area is 272 Å². The van der Waals surface area contributed by atoms with Crippen molar-refractivity contribution in [1.82, 2.24) is 19.9 Å². The van der Waals surface area contributed by atoms with E-state index >= 15 is 0 Å². The minimum absolute atomic E-state index is 0.0780. The molecule has 0 aliphatic carbocycles. The molecule has 0 atom stereocenters. The van der Waals surface area contributed by atoms with Gasteiger partial charge in [0.2, 0.25) is 11.9 Å². The molecule has 0 unspecified atom stereocenters. The van der Waals surface area contributed by atoms with E-state index in [1.165, 1.54) is 73.3 Å². The maximum absolute atomic E-state index is 13.7. The molecular formula is C30H22N10O6S2. The number of nitrogens with zero attached hydrogens (tertiary/aromatic N) is 8. The van der Waals surface area contributed by atoms with Crippen molar-refractivity contribution in [3.63, 3.8) is 0 Å². The largest absolute Gasteiger partial charge is 0.281 e. The second-order valence-electron chi connectivity index (χ2n) is 10.5. The van der Waals surface area contributed by atoms with Gasteiger partial charge in [0.05, 0.1) is 32.3 Å². The molecule has 0 saturated heterocycles. The van der Waals surface area contributed by atoms with Crippen molar-refractivity contribution in [2.24, 2.45) is 10.2 Å². The van der Waals surface area contributed by atoms with Crippen LogP contribution in [0.3, 0.4) is 0 Å². The van der Waals surface area contributed by atoms with E-state index in [0.717, 1.165) is 10.0 Å². The highest BCUT2D eigenvalue weighted by Crippen LogP contribution is 2.27. The van der Waals surface area contributed by atoms with Gasteiger partial charge in [0, 0.05) is 24.8 Å². The molecular weight excluding hydrogens is 661 g/mol. The number of rotatable bonds is 8. The lowest BCUT2D eigenvalue weighted by Gasteiger charge is -2.13. The zero-order valence-electron chi connectivity index (χ0n) is 24.9. The van der Waals surface area contributed by atoms with Crippen LogP contribution in [-0.2, 0) is 20.0 Å². The lowest BCUT2D eigenvalue weighted by molar-refractivity contribution is 0.0984. The Morgan fingerprint density at radius 2 is 0.875 bits per heavy atom. The van der Waals surface area contributed by atoms with Crippen LogP contribution in [0.25, 0.3) is 0 Å². The van der Waals surface area contributed by atoms with Crippen molar-refractivity contribution in [3.8, 4) is 0 Å². The Morgan fingerprint density at radius 3 is 1.21 bits per heavy atom. The van der Waals surface area contributed by atoms with Gasteiger partial charge in [-0.25, -0.2) is 46.2 Å². The highest BCUT2D eigenvalue weighted by atomic mass is 32.2. The maximum atomic E-state index is 13.7. The molecule has 5 aromatic rings. The van der Waals surface area contributed by atoms with Crippen LogP contribution in [0.5, 0.6) is 0 Å². The van der Waals surface area contributed by atoms with E-state index in [0.29, 0.717) is 22.5 Å². The van der Waals surface area contributed by atoms with Gasteiger partial charge in [-0.1, -0.05) is 0 Å². The average Bonchev–Trinajstić information content (AvgIpc) is 3.62. The van der Waals surface area contributed by atoms with E-state index < -0.39 is 31.9 Å². The number of carbonyl (C=O) groups excluding carboxylic acids is 2. The highest BCUT2D eigenvalue weighted by Gasteiger charge is 2.36. The molecule has 4 heterocycles. The number of hydrogen-bond acceptors (Lipinski definition) is 12. The van der Waals surface area contributed by atoms with Gasteiger partial charge in [-0.2, -0.15) is 20.2 Å². The second-order valence-corrected chi connectivity index (χ2v) is 13.8. The van der Waals surface area contributed by atoms with Crippen LogP contribution in [0.2, 0.25) is 0 Å². The minimum atomic E-state index is -4.00. The number of fused-ring (bicyclic) bond motifs is 2. The SMILES string of the molecule is Cc1c2c(c(C)c3c1=NN(c1ccc(S(=O)(=O)Nc4ncccn4)cc1)C3=O)=NN(c1ccc(S(=O)(=O)Nc3ncccn3)cc1)C2=O. The normalized spacial score (nSPS) is 13.9. The first kappa shape index (κ1) is 30.5. The standard InChI is InChI=1S/C30H22N10O6S2/c1-17-23-26(36-39(27(23)41)19-5-9-21(10-6-19)47(43,44)37-29-31-13-3-14-32-29)18(2)24-25(17)35-40(28(24)42)20-7-11-22(12-8-20)48(45,46)38-30-33-15-4-16-34-30/h3-16H,1-2H3,(H,31,32,37)(H,33,34,38). The molecule has 2 aliphatic rings. The molecule has 2 aromatic heterocycles.